The molecule has 0 aromatic rings. The van der Waals surface area contributed by atoms with E-state index in [0.29, 0.717) is 24.2 Å². The molecule has 4 rings (SSSR count). The number of alkyl halides is 8. The first kappa shape index (κ1) is 25.9. The number of ether oxygens (including phenoxy) is 1. The zero-order chi connectivity index (χ0) is 24.2. The molecule has 0 aromatic carbocycles. The number of rotatable bonds is 11. The van der Waals surface area contributed by atoms with E-state index < -0.39 is 46.4 Å². The van der Waals surface area contributed by atoms with Gasteiger partial charge in [-0.1, -0.05) is 12.8 Å². The van der Waals surface area contributed by atoms with Gasteiger partial charge in [0.2, 0.25) is 0 Å². The van der Waals surface area contributed by atoms with Crippen LogP contribution in [0.4, 0.5) is 35.1 Å². The Morgan fingerprint density at radius 2 is 1.25 bits per heavy atom. The van der Waals surface area contributed by atoms with Crippen molar-refractivity contribution in [3.05, 3.63) is 0 Å². The minimum Gasteiger partial charge on any atom is -0.281 e. The summed E-state index contributed by atoms with van der Waals surface area (Å²) in [6.45, 7) is 0. The Balaban J connectivity index is 1.50. The van der Waals surface area contributed by atoms with Crippen LogP contribution in [0.25, 0.3) is 0 Å². The average molecular weight is 502 g/mol. The quantitative estimate of drug-likeness (QED) is 0.200. The molecule has 0 atom stereocenters. The van der Waals surface area contributed by atoms with E-state index in [-0.39, 0.29) is 11.8 Å². The Hall–Kier alpha value is -0.690. The van der Waals surface area contributed by atoms with E-state index in [9.17, 15) is 43.5 Å². The van der Waals surface area contributed by atoms with E-state index in [1.807, 2.05) is 0 Å². The van der Waals surface area contributed by atoms with Gasteiger partial charge in [-0.05, 0) is 74.5 Å². The van der Waals surface area contributed by atoms with Crippen molar-refractivity contribution in [3.8, 4) is 0 Å². The molecule has 4 saturated carbocycles. The zero-order valence-corrected chi connectivity index (χ0v) is 17.9. The van der Waals surface area contributed by atoms with Crippen LogP contribution in [-0.4, -0.2) is 36.4 Å². The molecule has 13 heteroatoms. The van der Waals surface area contributed by atoms with Crippen LogP contribution < -0.4 is 0 Å². The first-order chi connectivity index (χ1) is 14.4. The van der Waals surface area contributed by atoms with E-state index in [1.165, 1.54) is 19.3 Å². The Kier molecular flexibility index (Phi) is 6.65. The van der Waals surface area contributed by atoms with Crippen LogP contribution >= 0.6 is 0 Å². The molecule has 0 heterocycles. The SMILES string of the molecule is O=S(=O)(O)C(F)(F)C(F)(F)OC(F)(F)C(F)(F)CCCCCC12CC3CC(CC(C3)C1)C2. The van der Waals surface area contributed by atoms with Crippen molar-refractivity contribution in [2.45, 2.75) is 94.0 Å². The summed E-state index contributed by atoms with van der Waals surface area (Å²) in [4.78, 5) is 0. The van der Waals surface area contributed by atoms with Crippen molar-refractivity contribution >= 4 is 10.1 Å². The van der Waals surface area contributed by atoms with E-state index in [4.69, 9.17) is 4.55 Å². The van der Waals surface area contributed by atoms with Gasteiger partial charge in [-0.25, -0.2) is 4.74 Å². The molecule has 4 fully saturated rings. The molecule has 0 aromatic heterocycles. The smallest absolute Gasteiger partial charge is 0.281 e. The van der Waals surface area contributed by atoms with Crippen LogP contribution in [0.15, 0.2) is 0 Å². The largest absolute Gasteiger partial charge is 0.460 e. The molecule has 4 nitrogen and oxygen atoms in total. The standard InChI is InChI=1S/C19H26F8O4S/c20-16(21,17(22,23)31-18(24,25)19(26,27)32(28,29)30)5-3-1-2-4-15-9-12-6-13(10-15)8-14(7-12)11-15/h12-14H,1-11H2,(H,28,29,30). The summed E-state index contributed by atoms with van der Waals surface area (Å²) in [5.41, 5.74) is 0.160. The molecule has 0 amide bonds. The lowest BCUT2D eigenvalue weighted by Crippen LogP contribution is -2.55. The van der Waals surface area contributed by atoms with E-state index in [0.717, 1.165) is 25.7 Å². The molecular formula is C19H26F8O4S. The lowest BCUT2D eigenvalue weighted by molar-refractivity contribution is -0.456. The number of unbranched alkanes of at least 4 members (excludes halogenated alkanes) is 2. The van der Waals surface area contributed by atoms with E-state index in [1.54, 1.807) is 0 Å². The Labute approximate surface area is 180 Å². The van der Waals surface area contributed by atoms with Gasteiger partial charge in [-0.2, -0.15) is 43.5 Å². The maximum atomic E-state index is 13.8. The molecule has 0 aliphatic heterocycles. The fourth-order valence-electron chi connectivity index (χ4n) is 6.21. The second-order valence-electron chi connectivity index (χ2n) is 9.81. The van der Waals surface area contributed by atoms with E-state index in [2.05, 4.69) is 4.74 Å². The highest BCUT2D eigenvalue weighted by molar-refractivity contribution is 7.86. The van der Waals surface area contributed by atoms with Crippen molar-refractivity contribution in [3.63, 3.8) is 0 Å². The Morgan fingerprint density at radius 1 is 0.781 bits per heavy atom. The maximum absolute atomic E-state index is 13.8. The molecule has 4 aliphatic carbocycles. The molecule has 0 saturated heterocycles. The predicted octanol–water partition coefficient (Wildman–Crippen LogP) is 6.47. The van der Waals surface area contributed by atoms with Gasteiger partial charge < -0.3 is 0 Å². The second-order valence-corrected chi connectivity index (χ2v) is 11.3. The number of halogens is 8. The van der Waals surface area contributed by atoms with Gasteiger partial charge in [-0.3, -0.25) is 4.55 Å². The van der Waals surface area contributed by atoms with Gasteiger partial charge in [0.25, 0.3) is 0 Å². The molecule has 4 aliphatic rings. The third-order valence-corrected chi connectivity index (χ3v) is 8.09. The molecular weight excluding hydrogens is 476 g/mol. The number of hydrogen-bond acceptors (Lipinski definition) is 3. The first-order valence-corrected chi connectivity index (χ1v) is 12.0. The molecule has 0 spiro atoms. The third kappa shape index (κ3) is 4.89. The van der Waals surface area contributed by atoms with Gasteiger partial charge in [-0.15, -0.1) is 0 Å². The lowest BCUT2D eigenvalue weighted by atomic mass is 9.48. The van der Waals surface area contributed by atoms with Gasteiger partial charge in [0.05, 0.1) is 0 Å². The highest BCUT2D eigenvalue weighted by Crippen LogP contribution is 2.61. The van der Waals surface area contributed by atoms with E-state index >= 15 is 0 Å². The van der Waals surface area contributed by atoms with Gasteiger partial charge in [0, 0.05) is 6.42 Å². The highest BCUT2D eigenvalue weighted by Gasteiger charge is 2.73. The minimum absolute atomic E-state index is 0.116. The topological polar surface area (TPSA) is 63.6 Å². The van der Waals surface area contributed by atoms with Crippen LogP contribution in [0.5, 0.6) is 0 Å². The Bertz CT molecular complexity index is 764. The summed E-state index contributed by atoms with van der Waals surface area (Å²) in [6.07, 6.45) is -6.49. The van der Waals surface area contributed by atoms with Gasteiger partial charge in [0.15, 0.2) is 0 Å². The van der Waals surface area contributed by atoms with Crippen molar-refractivity contribution in [2.75, 3.05) is 0 Å². The normalized spacial score (nSPS) is 31.3. The molecule has 1 N–H and O–H groups in total. The molecule has 4 bridgehead atoms. The fourth-order valence-corrected chi connectivity index (χ4v) is 6.55. The molecule has 188 valence electrons. The van der Waals surface area contributed by atoms with Gasteiger partial charge >= 0.3 is 33.5 Å². The predicted molar refractivity (Wildman–Crippen MR) is 96.1 cm³/mol. The monoisotopic (exact) mass is 502 g/mol. The summed E-state index contributed by atoms with van der Waals surface area (Å²) in [5, 5.41) is -6.54. The Morgan fingerprint density at radius 3 is 1.69 bits per heavy atom. The van der Waals surface area contributed by atoms with Crippen LogP contribution in [-0.2, 0) is 14.9 Å². The average Bonchev–Trinajstić information content (AvgIpc) is 2.57. The molecule has 0 radical (unpaired) electrons. The summed E-state index contributed by atoms with van der Waals surface area (Å²) in [6, 6.07) is 0. The summed E-state index contributed by atoms with van der Waals surface area (Å²) < 4.78 is 138. The van der Waals surface area contributed by atoms with Crippen LogP contribution in [0, 0.1) is 23.2 Å². The summed E-state index contributed by atoms with van der Waals surface area (Å²) >= 11 is 0. The summed E-state index contributed by atoms with van der Waals surface area (Å²) in [7, 11) is -6.91. The molecule has 32 heavy (non-hydrogen) atoms. The maximum Gasteiger partial charge on any atom is 0.460 e. The van der Waals surface area contributed by atoms with Crippen molar-refractivity contribution < 1.29 is 52.8 Å². The van der Waals surface area contributed by atoms with Crippen molar-refractivity contribution in [1.82, 2.24) is 0 Å². The van der Waals surface area contributed by atoms with Crippen molar-refractivity contribution in [2.24, 2.45) is 23.2 Å². The fraction of sp³-hybridized carbons (Fsp3) is 1.00. The van der Waals surface area contributed by atoms with Crippen molar-refractivity contribution in [1.29, 1.82) is 0 Å². The van der Waals surface area contributed by atoms with Crippen LogP contribution in [0.1, 0.15) is 70.6 Å². The minimum atomic E-state index is -6.91. The highest BCUT2D eigenvalue weighted by atomic mass is 32.2. The first-order valence-electron chi connectivity index (χ1n) is 10.6. The zero-order valence-electron chi connectivity index (χ0n) is 17.1. The van der Waals surface area contributed by atoms with Crippen LogP contribution in [0.2, 0.25) is 0 Å². The third-order valence-electron chi connectivity index (χ3n) is 7.21. The van der Waals surface area contributed by atoms with Gasteiger partial charge in [0.1, 0.15) is 0 Å². The molecule has 0 unspecified atom stereocenters. The second kappa shape index (κ2) is 8.21. The lowest BCUT2D eigenvalue weighted by Gasteiger charge is -2.57. The van der Waals surface area contributed by atoms with Crippen LogP contribution in [0.3, 0.4) is 0 Å². The summed E-state index contributed by atoms with van der Waals surface area (Å²) in [5.74, 6) is -3.20. The number of hydrogen-bond donors (Lipinski definition) is 1.